The standard InChI is InChI=1S/C17H22Si/c1-5-6-7-8-9-16-10-12-17(13-11-16)14-15-18(2,3)4/h10-13H,5-7H2,1-4H3. The van der Waals surface area contributed by atoms with Crippen molar-refractivity contribution in [2.24, 2.45) is 0 Å². The monoisotopic (exact) mass is 254 g/mol. The van der Waals surface area contributed by atoms with Crippen molar-refractivity contribution in [1.82, 2.24) is 0 Å². The molecule has 0 fully saturated rings. The number of benzene rings is 1. The van der Waals surface area contributed by atoms with Crippen molar-refractivity contribution in [2.45, 2.75) is 45.8 Å². The maximum absolute atomic E-state index is 3.37. The summed E-state index contributed by atoms with van der Waals surface area (Å²) in [5, 5.41) is 0. The van der Waals surface area contributed by atoms with Gasteiger partial charge in [-0.1, -0.05) is 50.7 Å². The predicted octanol–water partition coefficient (Wildman–Crippen LogP) is 4.46. The van der Waals surface area contributed by atoms with Crippen LogP contribution < -0.4 is 0 Å². The Morgan fingerprint density at radius 1 is 0.944 bits per heavy atom. The SMILES string of the molecule is CCCCC#Cc1ccc(C#C[Si](C)(C)C)cc1. The average Bonchev–Trinajstić information content (AvgIpc) is 2.33. The maximum atomic E-state index is 3.37. The molecule has 0 aliphatic rings. The van der Waals surface area contributed by atoms with E-state index in [-0.39, 0.29) is 0 Å². The van der Waals surface area contributed by atoms with E-state index in [0.717, 1.165) is 17.5 Å². The van der Waals surface area contributed by atoms with Crippen molar-refractivity contribution in [3.8, 4) is 23.3 Å². The number of hydrogen-bond donors (Lipinski definition) is 0. The summed E-state index contributed by atoms with van der Waals surface area (Å²) in [7, 11) is -1.27. The fourth-order valence-electron chi connectivity index (χ4n) is 1.33. The van der Waals surface area contributed by atoms with Gasteiger partial charge in [-0.3, -0.25) is 0 Å². The van der Waals surface area contributed by atoms with Gasteiger partial charge in [0.05, 0.1) is 0 Å². The van der Waals surface area contributed by atoms with Crippen molar-refractivity contribution >= 4 is 8.07 Å². The third-order valence-corrected chi connectivity index (χ3v) is 3.23. The van der Waals surface area contributed by atoms with Crippen molar-refractivity contribution < 1.29 is 0 Å². The molecule has 0 amide bonds. The molecule has 0 radical (unpaired) electrons. The van der Waals surface area contributed by atoms with Crippen LogP contribution in [0.4, 0.5) is 0 Å². The zero-order chi connectivity index (χ0) is 13.4. The molecule has 0 spiro atoms. The minimum absolute atomic E-state index is 0.994. The molecule has 0 saturated heterocycles. The van der Waals surface area contributed by atoms with E-state index in [4.69, 9.17) is 0 Å². The molecule has 1 aromatic carbocycles. The summed E-state index contributed by atoms with van der Waals surface area (Å²) in [4.78, 5) is 0. The molecule has 1 heteroatoms. The molecule has 0 N–H and O–H groups in total. The van der Waals surface area contributed by atoms with Gasteiger partial charge in [-0.2, -0.15) is 0 Å². The lowest BCUT2D eigenvalue weighted by Gasteiger charge is -2.03. The Bertz CT molecular complexity index is 481. The molecule has 1 rings (SSSR count). The molecule has 0 bridgehead atoms. The zero-order valence-corrected chi connectivity index (χ0v) is 12.9. The van der Waals surface area contributed by atoms with Crippen LogP contribution >= 0.6 is 0 Å². The van der Waals surface area contributed by atoms with E-state index in [1.165, 1.54) is 12.8 Å². The number of unbranched alkanes of at least 4 members (excludes halogenated alkanes) is 2. The second-order valence-electron chi connectivity index (χ2n) is 5.48. The summed E-state index contributed by atoms with van der Waals surface area (Å²) in [6.45, 7) is 8.96. The molecule has 0 heterocycles. The van der Waals surface area contributed by atoms with Gasteiger partial charge in [-0.15, -0.1) is 5.54 Å². The second kappa shape index (κ2) is 7.09. The first-order chi connectivity index (χ1) is 8.51. The van der Waals surface area contributed by atoms with Gasteiger partial charge >= 0.3 is 0 Å². The summed E-state index contributed by atoms with van der Waals surface area (Å²) < 4.78 is 0. The van der Waals surface area contributed by atoms with Crippen LogP contribution in [0.15, 0.2) is 24.3 Å². The highest BCUT2D eigenvalue weighted by Crippen LogP contribution is 2.04. The fraction of sp³-hybridized carbons (Fsp3) is 0.412. The molecule has 0 unspecified atom stereocenters. The van der Waals surface area contributed by atoms with E-state index in [0.29, 0.717) is 0 Å². The topological polar surface area (TPSA) is 0 Å². The lowest BCUT2D eigenvalue weighted by molar-refractivity contribution is 0.828. The Labute approximate surface area is 113 Å². The van der Waals surface area contributed by atoms with Crippen LogP contribution in [0.3, 0.4) is 0 Å². The molecule has 0 aliphatic heterocycles. The number of rotatable bonds is 2. The van der Waals surface area contributed by atoms with Crippen LogP contribution in [0.2, 0.25) is 19.6 Å². The molecule has 0 nitrogen and oxygen atoms in total. The predicted molar refractivity (Wildman–Crippen MR) is 83.1 cm³/mol. The molecule has 0 saturated carbocycles. The lowest BCUT2D eigenvalue weighted by atomic mass is 10.1. The summed E-state index contributed by atoms with van der Waals surface area (Å²) in [6, 6.07) is 8.26. The molecule has 0 atom stereocenters. The lowest BCUT2D eigenvalue weighted by Crippen LogP contribution is -2.16. The second-order valence-corrected chi connectivity index (χ2v) is 10.2. The molecular weight excluding hydrogens is 232 g/mol. The van der Waals surface area contributed by atoms with Gasteiger partial charge in [0, 0.05) is 17.5 Å². The Hall–Kier alpha value is -1.44. The summed E-state index contributed by atoms with van der Waals surface area (Å²) in [5.41, 5.74) is 5.55. The fourth-order valence-corrected chi connectivity index (χ4v) is 1.85. The first-order valence-electron chi connectivity index (χ1n) is 6.63. The van der Waals surface area contributed by atoms with Gasteiger partial charge in [0.2, 0.25) is 0 Å². The Morgan fingerprint density at radius 3 is 2.00 bits per heavy atom. The molecular formula is C17H22Si. The summed E-state index contributed by atoms with van der Waals surface area (Å²) in [6.07, 6.45) is 3.39. The van der Waals surface area contributed by atoms with Crippen LogP contribution in [-0.2, 0) is 0 Å². The van der Waals surface area contributed by atoms with E-state index >= 15 is 0 Å². The highest BCUT2D eigenvalue weighted by Gasteiger charge is 2.07. The van der Waals surface area contributed by atoms with Crippen molar-refractivity contribution in [3.63, 3.8) is 0 Å². The van der Waals surface area contributed by atoms with Gasteiger partial charge < -0.3 is 0 Å². The van der Waals surface area contributed by atoms with Gasteiger partial charge in [0.15, 0.2) is 0 Å². The van der Waals surface area contributed by atoms with E-state index in [9.17, 15) is 0 Å². The highest BCUT2D eigenvalue weighted by molar-refractivity contribution is 6.83. The minimum atomic E-state index is -1.27. The minimum Gasteiger partial charge on any atom is -0.127 e. The van der Waals surface area contributed by atoms with E-state index in [1.807, 2.05) is 0 Å². The third-order valence-electron chi connectivity index (χ3n) is 2.35. The first-order valence-corrected chi connectivity index (χ1v) is 10.1. The van der Waals surface area contributed by atoms with Crippen LogP contribution in [0.1, 0.15) is 37.3 Å². The first kappa shape index (κ1) is 14.6. The van der Waals surface area contributed by atoms with Crippen LogP contribution in [0, 0.1) is 23.3 Å². The molecule has 18 heavy (non-hydrogen) atoms. The summed E-state index contributed by atoms with van der Waals surface area (Å²) in [5.74, 6) is 9.64. The van der Waals surface area contributed by atoms with Crippen molar-refractivity contribution in [2.75, 3.05) is 0 Å². The van der Waals surface area contributed by atoms with Gasteiger partial charge in [-0.25, -0.2) is 0 Å². The largest absolute Gasteiger partial charge is 0.129 e. The summed E-state index contributed by atoms with van der Waals surface area (Å²) >= 11 is 0. The van der Waals surface area contributed by atoms with Crippen LogP contribution in [0.25, 0.3) is 0 Å². The van der Waals surface area contributed by atoms with E-state index < -0.39 is 8.07 Å². The van der Waals surface area contributed by atoms with Crippen molar-refractivity contribution in [3.05, 3.63) is 35.4 Å². The van der Waals surface area contributed by atoms with Gasteiger partial charge in [-0.05, 0) is 30.7 Å². The van der Waals surface area contributed by atoms with Crippen LogP contribution in [0.5, 0.6) is 0 Å². The van der Waals surface area contributed by atoms with Crippen molar-refractivity contribution in [1.29, 1.82) is 0 Å². The van der Waals surface area contributed by atoms with Gasteiger partial charge in [0.25, 0.3) is 0 Å². The Balaban J connectivity index is 2.67. The Morgan fingerprint density at radius 2 is 1.50 bits per heavy atom. The normalized spacial score (nSPS) is 10.0. The molecule has 1 aromatic rings. The maximum Gasteiger partial charge on any atom is 0.129 e. The van der Waals surface area contributed by atoms with Crippen LogP contribution in [-0.4, -0.2) is 8.07 Å². The smallest absolute Gasteiger partial charge is 0.127 e. The van der Waals surface area contributed by atoms with Gasteiger partial charge in [0.1, 0.15) is 8.07 Å². The number of hydrogen-bond acceptors (Lipinski definition) is 0. The Kier molecular flexibility index (Phi) is 5.76. The quantitative estimate of drug-likeness (QED) is 0.415. The highest BCUT2D eigenvalue weighted by atomic mass is 28.3. The third kappa shape index (κ3) is 6.33. The average molecular weight is 254 g/mol. The van der Waals surface area contributed by atoms with E-state index in [2.05, 4.69) is 74.1 Å². The molecule has 94 valence electrons. The zero-order valence-electron chi connectivity index (χ0n) is 11.9. The molecule has 0 aliphatic carbocycles. The molecule has 0 aromatic heterocycles. The van der Waals surface area contributed by atoms with E-state index in [1.54, 1.807) is 0 Å².